The van der Waals surface area contributed by atoms with Gasteiger partial charge in [-0.05, 0) is 30.5 Å². The molecule has 1 unspecified atom stereocenters. The first-order valence-corrected chi connectivity index (χ1v) is 8.12. The Morgan fingerprint density at radius 2 is 1.59 bits per heavy atom. The van der Waals surface area contributed by atoms with Crippen molar-refractivity contribution in [1.29, 1.82) is 0 Å². The third-order valence-electron chi connectivity index (χ3n) is 3.47. The molecule has 3 rings (SSSR count). The zero-order chi connectivity index (χ0) is 15.4. The molecule has 0 saturated carbocycles. The Morgan fingerprint density at radius 3 is 2.41 bits per heavy atom. The number of carbonyl (C=O) groups excluding carboxylic acids is 1. The van der Waals surface area contributed by atoms with Gasteiger partial charge in [-0.25, -0.2) is 0 Å². The van der Waals surface area contributed by atoms with Gasteiger partial charge in [0, 0.05) is 16.0 Å². The third-order valence-corrected chi connectivity index (χ3v) is 4.58. The summed E-state index contributed by atoms with van der Waals surface area (Å²) in [6.45, 7) is 1.93. The number of nitrogens with one attached hydrogen (secondary N) is 1. The first kappa shape index (κ1) is 14.7. The number of carbonyl (C=O) groups is 1. The van der Waals surface area contributed by atoms with E-state index in [4.69, 9.17) is 0 Å². The molecule has 0 spiro atoms. The zero-order valence-corrected chi connectivity index (χ0v) is 13.1. The molecule has 110 valence electrons. The van der Waals surface area contributed by atoms with Crippen molar-refractivity contribution in [2.24, 2.45) is 0 Å². The van der Waals surface area contributed by atoms with E-state index in [0.717, 1.165) is 21.4 Å². The fourth-order valence-electron chi connectivity index (χ4n) is 2.33. The van der Waals surface area contributed by atoms with E-state index in [-0.39, 0.29) is 11.2 Å². The van der Waals surface area contributed by atoms with E-state index < -0.39 is 0 Å². The van der Waals surface area contributed by atoms with Crippen LogP contribution >= 0.6 is 11.8 Å². The Labute approximate surface area is 134 Å². The maximum atomic E-state index is 12.4. The largest absolute Gasteiger partial charge is 0.325 e. The van der Waals surface area contributed by atoms with Crippen molar-refractivity contribution >= 4 is 34.1 Å². The van der Waals surface area contributed by atoms with Gasteiger partial charge in [-0.1, -0.05) is 54.6 Å². The minimum Gasteiger partial charge on any atom is -0.325 e. The van der Waals surface area contributed by atoms with Gasteiger partial charge in [0.25, 0.3) is 0 Å². The highest BCUT2D eigenvalue weighted by Gasteiger charge is 2.15. The lowest BCUT2D eigenvalue weighted by atomic mass is 10.1. The SMILES string of the molecule is CC(Sc1ccccc1)C(=O)Nc1cccc2ccccc12. The Kier molecular flexibility index (Phi) is 4.45. The predicted octanol–water partition coefficient (Wildman–Crippen LogP) is 4.96. The molecule has 3 heteroatoms. The van der Waals surface area contributed by atoms with E-state index >= 15 is 0 Å². The molecule has 2 nitrogen and oxygen atoms in total. The van der Waals surface area contributed by atoms with Crippen LogP contribution in [0.25, 0.3) is 10.8 Å². The van der Waals surface area contributed by atoms with Gasteiger partial charge in [0.2, 0.25) is 5.91 Å². The summed E-state index contributed by atoms with van der Waals surface area (Å²) in [6.07, 6.45) is 0. The Balaban J connectivity index is 1.75. The van der Waals surface area contributed by atoms with Crippen molar-refractivity contribution in [2.45, 2.75) is 17.1 Å². The Hall–Kier alpha value is -2.26. The lowest BCUT2D eigenvalue weighted by molar-refractivity contribution is -0.115. The van der Waals surface area contributed by atoms with Gasteiger partial charge < -0.3 is 5.32 Å². The summed E-state index contributed by atoms with van der Waals surface area (Å²) in [7, 11) is 0. The third kappa shape index (κ3) is 3.31. The number of amides is 1. The molecule has 22 heavy (non-hydrogen) atoms. The average Bonchev–Trinajstić information content (AvgIpc) is 2.56. The lowest BCUT2D eigenvalue weighted by Gasteiger charge is -2.13. The second-order valence-corrected chi connectivity index (χ2v) is 6.50. The van der Waals surface area contributed by atoms with Crippen LogP contribution in [-0.4, -0.2) is 11.2 Å². The predicted molar refractivity (Wildman–Crippen MR) is 94.3 cm³/mol. The average molecular weight is 307 g/mol. The topological polar surface area (TPSA) is 29.1 Å². The van der Waals surface area contributed by atoms with E-state index in [1.54, 1.807) is 11.8 Å². The molecule has 3 aromatic carbocycles. The summed E-state index contributed by atoms with van der Waals surface area (Å²) in [5.74, 6) is 0.0187. The highest BCUT2D eigenvalue weighted by Crippen LogP contribution is 2.26. The fraction of sp³-hybridized carbons (Fsp3) is 0.105. The molecule has 0 fully saturated rings. The fourth-order valence-corrected chi connectivity index (χ4v) is 3.21. The molecule has 0 saturated heterocycles. The molecule has 0 bridgehead atoms. The number of thioether (sulfide) groups is 1. The van der Waals surface area contributed by atoms with Crippen LogP contribution in [0.3, 0.4) is 0 Å². The quantitative estimate of drug-likeness (QED) is 0.690. The monoisotopic (exact) mass is 307 g/mol. The van der Waals surface area contributed by atoms with Crippen molar-refractivity contribution in [3.8, 4) is 0 Å². The summed E-state index contributed by atoms with van der Waals surface area (Å²) in [4.78, 5) is 13.5. The molecule has 0 aromatic heterocycles. The smallest absolute Gasteiger partial charge is 0.237 e. The normalized spacial score (nSPS) is 12.0. The molecule has 0 heterocycles. The minimum absolute atomic E-state index is 0.0187. The first-order chi connectivity index (χ1) is 10.7. The van der Waals surface area contributed by atoms with Gasteiger partial charge in [-0.15, -0.1) is 11.8 Å². The van der Waals surface area contributed by atoms with E-state index in [1.807, 2.05) is 79.7 Å². The highest BCUT2D eigenvalue weighted by molar-refractivity contribution is 8.00. The number of fused-ring (bicyclic) bond motifs is 1. The standard InChI is InChI=1S/C19H17NOS/c1-14(22-16-10-3-2-4-11-16)19(21)20-18-13-7-9-15-8-5-6-12-17(15)18/h2-14H,1H3,(H,20,21). The van der Waals surface area contributed by atoms with Gasteiger partial charge >= 0.3 is 0 Å². The van der Waals surface area contributed by atoms with Gasteiger partial charge in [-0.3, -0.25) is 4.79 Å². The molecule has 0 aliphatic rings. The van der Waals surface area contributed by atoms with E-state index in [2.05, 4.69) is 5.32 Å². The summed E-state index contributed by atoms with van der Waals surface area (Å²) in [5, 5.41) is 5.09. The van der Waals surface area contributed by atoms with Crippen LogP contribution in [0.1, 0.15) is 6.92 Å². The summed E-state index contributed by atoms with van der Waals surface area (Å²) < 4.78 is 0. The van der Waals surface area contributed by atoms with Crippen molar-refractivity contribution in [3.05, 3.63) is 72.8 Å². The summed E-state index contributed by atoms with van der Waals surface area (Å²) in [5.41, 5.74) is 0.864. The Morgan fingerprint density at radius 1 is 0.909 bits per heavy atom. The van der Waals surface area contributed by atoms with Crippen LogP contribution in [0, 0.1) is 0 Å². The molecule has 0 aliphatic heterocycles. The second-order valence-electron chi connectivity index (χ2n) is 5.09. The molecule has 1 atom stereocenters. The number of anilines is 1. The van der Waals surface area contributed by atoms with Crippen molar-refractivity contribution in [1.82, 2.24) is 0 Å². The molecule has 0 radical (unpaired) electrons. The Bertz CT molecular complexity index is 780. The highest BCUT2D eigenvalue weighted by atomic mass is 32.2. The molecule has 0 aliphatic carbocycles. The van der Waals surface area contributed by atoms with Crippen LogP contribution in [0.5, 0.6) is 0 Å². The number of benzene rings is 3. The van der Waals surface area contributed by atoms with Crippen LogP contribution in [0.2, 0.25) is 0 Å². The number of hydrogen-bond acceptors (Lipinski definition) is 2. The number of rotatable bonds is 4. The minimum atomic E-state index is -0.152. The number of hydrogen-bond donors (Lipinski definition) is 1. The summed E-state index contributed by atoms with van der Waals surface area (Å²) >= 11 is 1.56. The van der Waals surface area contributed by atoms with Crippen molar-refractivity contribution in [2.75, 3.05) is 5.32 Å². The maximum absolute atomic E-state index is 12.4. The van der Waals surface area contributed by atoms with Crippen LogP contribution < -0.4 is 5.32 Å². The van der Waals surface area contributed by atoms with E-state index in [1.165, 1.54) is 0 Å². The molecule has 1 N–H and O–H groups in total. The summed E-state index contributed by atoms with van der Waals surface area (Å²) in [6, 6.07) is 24.0. The lowest BCUT2D eigenvalue weighted by Crippen LogP contribution is -2.22. The van der Waals surface area contributed by atoms with Gasteiger partial charge in [0.15, 0.2) is 0 Å². The van der Waals surface area contributed by atoms with Crippen molar-refractivity contribution in [3.63, 3.8) is 0 Å². The van der Waals surface area contributed by atoms with Crippen LogP contribution in [0.15, 0.2) is 77.7 Å². The van der Waals surface area contributed by atoms with Gasteiger partial charge in [0.1, 0.15) is 0 Å². The van der Waals surface area contributed by atoms with E-state index in [9.17, 15) is 4.79 Å². The maximum Gasteiger partial charge on any atom is 0.237 e. The molecule has 3 aromatic rings. The second kappa shape index (κ2) is 6.67. The van der Waals surface area contributed by atoms with E-state index in [0.29, 0.717) is 0 Å². The first-order valence-electron chi connectivity index (χ1n) is 7.24. The van der Waals surface area contributed by atoms with Crippen molar-refractivity contribution < 1.29 is 4.79 Å². The molecular formula is C19H17NOS. The zero-order valence-electron chi connectivity index (χ0n) is 12.3. The van der Waals surface area contributed by atoms with Gasteiger partial charge in [0.05, 0.1) is 5.25 Å². The molecule has 1 amide bonds. The van der Waals surface area contributed by atoms with Gasteiger partial charge in [-0.2, -0.15) is 0 Å². The van der Waals surface area contributed by atoms with Crippen LogP contribution in [-0.2, 0) is 4.79 Å². The van der Waals surface area contributed by atoms with Crippen LogP contribution in [0.4, 0.5) is 5.69 Å². The molecular weight excluding hydrogens is 290 g/mol.